The van der Waals surface area contributed by atoms with Crippen molar-refractivity contribution in [3.8, 4) is 5.75 Å². The second-order valence-electron chi connectivity index (χ2n) is 8.58. The van der Waals surface area contributed by atoms with Gasteiger partial charge in [0, 0.05) is 11.4 Å². The highest BCUT2D eigenvalue weighted by atomic mass is 19.1. The third kappa shape index (κ3) is 4.71. The van der Waals surface area contributed by atoms with Crippen LogP contribution in [0.3, 0.4) is 0 Å². The molecule has 2 heterocycles. The lowest BCUT2D eigenvalue weighted by Crippen LogP contribution is -2.32. The molecule has 0 bridgehead atoms. The Morgan fingerprint density at radius 2 is 1.58 bits per heavy atom. The van der Waals surface area contributed by atoms with Crippen molar-refractivity contribution in [2.24, 2.45) is 0 Å². The van der Waals surface area contributed by atoms with Gasteiger partial charge >= 0.3 is 0 Å². The number of hydrogen-bond donors (Lipinski definition) is 3. The van der Waals surface area contributed by atoms with Gasteiger partial charge in [-0.1, -0.05) is 24.3 Å². The number of fused-ring (bicyclic) bond motifs is 1. The molecule has 0 radical (unpaired) electrons. The van der Waals surface area contributed by atoms with Gasteiger partial charge in [0.2, 0.25) is 0 Å². The van der Waals surface area contributed by atoms with Crippen LogP contribution in [0.4, 0.5) is 26.0 Å². The highest BCUT2D eigenvalue weighted by Gasteiger charge is 2.35. The fourth-order valence-corrected chi connectivity index (χ4v) is 4.34. The quantitative estimate of drug-likeness (QED) is 0.322. The lowest BCUT2D eigenvalue weighted by atomic mass is 9.94. The van der Waals surface area contributed by atoms with E-state index in [9.17, 15) is 18.4 Å². The third-order valence-electron chi connectivity index (χ3n) is 6.16. The molecule has 0 fully saturated rings. The minimum Gasteiger partial charge on any atom is -0.495 e. The van der Waals surface area contributed by atoms with E-state index >= 15 is 0 Å². The van der Waals surface area contributed by atoms with Crippen molar-refractivity contribution in [2.45, 2.75) is 13.0 Å². The Bertz CT molecular complexity index is 1550. The van der Waals surface area contributed by atoms with Gasteiger partial charge in [0.25, 0.3) is 11.8 Å². The number of carbonyl (C=O) groups excluding carboxylic acids is 2. The Morgan fingerprint density at radius 1 is 0.921 bits per heavy atom. The van der Waals surface area contributed by atoms with Crippen molar-refractivity contribution in [1.29, 1.82) is 0 Å². The maximum Gasteiger partial charge on any atom is 0.261 e. The molecule has 1 aliphatic heterocycles. The summed E-state index contributed by atoms with van der Waals surface area (Å²) in [7, 11) is 1.51. The molecular formula is C28H23F2N5O3. The first kappa shape index (κ1) is 24.7. The first-order valence-electron chi connectivity index (χ1n) is 11.7. The van der Waals surface area contributed by atoms with E-state index in [1.54, 1.807) is 43.3 Å². The molecule has 0 saturated carbocycles. The van der Waals surface area contributed by atoms with Crippen LogP contribution >= 0.6 is 0 Å². The average molecular weight is 516 g/mol. The zero-order valence-corrected chi connectivity index (χ0v) is 20.5. The van der Waals surface area contributed by atoms with E-state index in [-0.39, 0.29) is 5.56 Å². The van der Waals surface area contributed by atoms with Gasteiger partial charge in [-0.2, -0.15) is 5.10 Å². The van der Waals surface area contributed by atoms with Crippen LogP contribution in [0.25, 0.3) is 0 Å². The molecule has 0 spiro atoms. The van der Waals surface area contributed by atoms with Crippen LogP contribution in [0.2, 0.25) is 0 Å². The number of nitrogens with one attached hydrogen (secondary N) is 3. The van der Waals surface area contributed by atoms with E-state index in [1.807, 2.05) is 0 Å². The van der Waals surface area contributed by atoms with Crippen molar-refractivity contribution >= 4 is 29.0 Å². The molecule has 38 heavy (non-hydrogen) atoms. The molecule has 1 atom stereocenters. The van der Waals surface area contributed by atoms with Crippen LogP contribution in [-0.4, -0.2) is 28.7 Å². The number of amides is 2. The number of aromatic nitrogens is 2. The fourth-order valence-electron chi connectivity index (χ4n) is 4.34. The number of allylic oxidation sites excluding steroid dienone is 1. The second kappa shape index (κ2) is 10.2. The summed E-state index contributed by atoms with van der Waals surface area (Å²) < 4.78 is 33.9. The lowest BCUT2D eigenvalue weighted by Gasteiger charge is -2.30. The summed E-state index contributed by atoms with van der Waals surface area (Å²) in [5.41, 5.74) is 2.49. The van der Waals surface area contributed by atoms with E-state index in [0.717, 1.165) is 0 Å². The minimum atomic E-state index is -0.770. The molecule has 8 nitrogen and oxygen atoms in total. The van der Waals surface area contributed by atoms with Crippen molar-refractivity contribution in [2.75, 3.05) is 23.1 Å². The number of methoxy groups -OCH3 is 1. The van der Waals surface area contributed by atoms with Gasteiger partial charge in [-0.3, -0.25) is 9.59 Å². The standard InChI is InChI=1S/C28H23F2N5O3/c1-16-24(28(37)34-22-5-3-4-6-23(22)38-2)25(17-7-9-18(29)10-8-17)35-26(32-16)21(15-31-35)27(36)33-20-13-11-19(30)12-14-20/h3-15,25,32H,1-2H3,(H,33,36)(H,34,37)/t25-/m0/s1. The number of ether oxygens (including phenoxy) is 1. The number of benzene rings is 3. The van der Waals surface area contributed by atoms with Crippen LogP contribution in [0, 0.1) is 11.6 Å². The van der Waals surface area contributed by atoms with Crippen LogP contribution in [0.15, 0.2) is 90.3 Å². The maximum absolute atomic E-state index is 13.8. The Labute approximate surface area is 216 Å². The lowest BCUT2D eigenvalue weighted by molar-refractivity contribution is -0.113. The number of halogens is 2. The first-order chi connectivity index (χ1) is 18.4. The fraction of sp³-hybridized carbons (Fsp3) is 0.107. The molecule has 3 aromatic carbocycles. The van der Waals surface area contributed by atoms with Crippen molar-refractivity contribution in [3.05, 3.63) is 113 Å². The summed E-state index contributed by atoms with van der Waals surface area (Å²) in [4.78, 5) is 26.7. The van der Waals surface area contributed by atoms with Crippen molar-refractivity contribution < 1.29 is 23.1 Å². The van der Waals surface area contributed by atoms with E-state index in [2.05, 4.69) is 21.0 Å². The summed E-state index contributed by atoms with van der Waals surface area (Å²) in [5.74, 6) is -0.908. The molecule has 0 aliphatic carbocycles. The molecule has 1 aliphatic rings. The van der Waals surface area contributed by atoms with Crippen LogP contribution in [-0.2, 0) is 4.79 Å². The normalized spacial score (nSPS) is 14.4. The molecule has 4 aromatic rings. The molecule has 1 aromatic heterocycles. The van der Waals surface area contributed by atoms with E-state index in [4.69, 9.17) is 4.74 Å². The Balaban J connectivity index is 1.54. The molecule has 5 rings (SSSR count). The van der Waals surface area contributed by atoms with E-state index in [0.29, 0.717) is 39.8 Å². The zero-order valence-electron chi connectivity index (χ0n) is 20.5. The monoisotopic (exact) mass is 515 g/mol. The summed E-state index contributed by atoms with van der Waals surface area (Å²) in [6.45, 7) is 1.71. The Morgan fingerprint density at radius 3 is 2.26 bits per heavy atom. The predicted octanol–water partition coefficient (Wildman–Crippen LogP) is 5.35. The molecule has 0 saturated heterocycles. The van der Waals surface area contributed by atoms with Gasteiger partial charge in [-0.05, 0) is 61.0 Å². The van der Waals surface area contributed by atoms with Crippen LogP contribution in [0.5, 0.6) is 5.75 Å². The molecule has 192 valence electrons. The Kier molecular flexibility index (Phi) is 6.61. The first-order valence-corrected chi connectivity index (χ1v) is 11.7. The second-order valence-corrected chi connectivity index (χ2v) is 8.58. The molecule has 10 heteroatoms. The number of carbonyl (C=O) groups is 2. The van der Waals surface area contributed by atoms with E-state index in [1.165, 1.54) is 54.4 Å². The molecule has 0 unspecified atom stereocenters. The highest BCUT2D eigenvalue weighted by molar-refractivity contribution is 6.09. The topological polar surface area (TPSA) is 97.3 Å². The maximum atomic E-state index is 13.8. The summed E-state index contributed by atoms with van der Waals surface area (Å²) >= 11 is 0. The Hall–Kier alpha value is -4.99. The van der Waals surface area contributed by atoms with Crippen LogP contribution in [0.1, 0.15) is 28.9 Å². The number of anilines is 3. The summed E-state index contributed by atoms with van der Waals surface area (Å²) in [5, 5.41) is 13.2. The van der Waals surface area contributed by atoms with E-state index < -0.39 is 29.5 Å². The van der Waals surface area contributed by atoms with Gasteiger partial charge < -0.3 is 20.7 Å². The average Bonchev–Trinajstić information content (AvgIpc) is 3.33. The number of hydrogen-bond acceptors (Lipinski definition) is 5. The minimum absolute atomic E-state index is 0.213. The smallest absolute Gasteiger partial charge is 0.261 e. The highest BCUT2D eigenvalue weighted by Crippen LogP contribution is 2.38. The molecule has 3 N–H and O–H groups in total. The van der Waals surface area contributed by atoms with Gasteiger partial charge in [0.1, 0.15) is 34.8 Å². The predicted molar refractivity (Wildman–Crippen MR) is 139 cm³/mol. The van der Waals surface area contributed by atoms with Gasteiger partial charge in [-0.25, -0.2) is 13.5 Å². The number of rotatable bonds is 6. The summed E-state index contributed by atoms with van der Waals surface area (Å²) in [6.07, 6.45) is 1.38. The van der Waals surface area contributed by atoms with Gasteiger partial charge in [0.15, 0.2) is 0 Å². The van der Waals surface area contributed by atoms with Crippen molar-refractivity contribution in [1.82, 2.24) is 9.78 Å². The largest absolute Gasteiger partial charge is 0.495 e. The zero-order chi connectivity index (χ0) is 26.8. The number of nitrogens with zero attached hydrogens (tertiary/aromatic N) is 2. The molecular weight excluding hydrogens is 492 g/mol. The summed E-state index contributed by atoms with van der Waals surface area (Å²) in [6, 6.07) is 17.3. The van der Waals surface area contributed by atoms with Gasteiger partial charge in [-0.15, -0.1) is 0 Å². The number of para-hydroxylation sites is 2. The SMILES string of the molecule is COc1ccccc1NC(=O)C1=C(C)Nc2c(C(=O)Nc3ccc(F)cc3)cnn2[C@H]1c1ccc(F)cc1. The van der Waals surface area contributed by atoms with Crippen molar-refractivity contribution in [3.63, 3.8) is 0 Å². The third-order valence-corrected chi connectivity index (χ3v) is 6.16. The molecule has 2 amide bonds. The van der Waals surface area contributed by atoms with Crippen LogP contribution < -0.4 is 20.7 Å². The van der Waals surface area contributed by atoms with Gasteiger partial charge in [0.05, 0.1) is 24.6 Å².